The van der Waals surface area contributed by atoms with Crippen LogP contribution in [0, 0.1) is 28.1 Å². The molecule has 2 fully saturated rings. The highest BCUT2D eigenvalue weighted by atomic mass is 16.3. The monoisotopic (exact) mass is 604 g/mol. The number of phenols is 2. The molecule has 0 saturated heterocycles. The number of fused-ring (bicyclic) bond motifs is 2. The molecular weight excluding hydrogens is 552 g/mol. The Labute approximate surface area is 263 Å². The molecule has 2 saturated carbocycles. The molecule has 2 aliphatic rings. The molecule has 2 bridgehead atoms. The maximum atomic E-state index is 14.9. The van der Waals surface area contributed by atoms with Crippen LogP contribution in [0.1, 0.15) is 99.5 Å². The van der Waals surface area contributed by atoms with Gasteiger partial charge in [-0.1, -0.05) is 54.9 Å². The molecule has 1 aromatic carbocycles. The van der Waals surface area contributed by atoms with E-state index in [1.165, 1.54) is 12.1 Å². The highest BCUT2D eigenvalue weighted by Crippen LogP contribution is 2.68. The molecule has 0 heterocycles. The first-order chi connectivity index (χ1) is 20.3. The fourth-order valence-corrected chi connectivity index (χ4v) is 7.49. The Morgan fingerprint density at radius 1 is 0.977 bits per heavy atom. The van der Waals surface area contributed by atoms with Crippen LogP contribution in [0.25, 0.3) is 5.76 Å². The number of allylic oxidation sites excluding steroid dienone is 7. The van der Waals surface area contributed by atoms with E-state index in [1.54, 1.807) is 0 Å². The molecule has 0 aliphatic heterocycles. The van der Waals surface area contributed by atoms with Crippen molar-refractivity contribution in [3.05, 3.63) is 76.9 Å². The first-order valence-corrected chi connectivity index (χ1v) is 15.6. The Bertz CT molecular complexity index is 1430. The quantitative estimate of drug-likeness (QED) is 0.0661. The van der Waals surface area contributed by atoms with E-state index in [9.17, 15) is 30.0 Å². The van der Waals surface area contributed by atoms with Crippen LogP contribution in [0.5, 0.6) is 11.5 Å². The van der Waals surface area contributed by atoms with Crippen molar-refractivity contribution in [1.29, 1.82) is 0 Å². The molecule has 0 aromatic heterocycles. The molecule has 1 aromatic rings. The average Bonchev–Trinajstić information content (AvgIpc) is 2.91. The molecule has 3 rings (SSSR count). The molecule has 240 valence electrons. The normalized spacial score (nSPS) is 27.8. The number of carbonyl (C=O) groups is 2. The van der Waals surface area contributed by atoms with Crippen LogP contribution >= 0.6 is 0 Å². The van der Waals surface area contributed by atoms with Crippen LogP contribution in [-0.2, 0) is 9.59 Å². The number of rotatable bonds is 11. The van der Waals surface area contributed by atoms with E-state index in [-0.39, 0.29) is 41.6 Å². The lowest BCUT2D eigenvalue weighted by Crippen LogP contribution is -2.71. The van der Waals surface area contributed by atoms with Crippen LogP contribution in [0.2, 0.25) is 0 Å². The number of Topliss-reactive ketones (excluding diaryl/α,β-unsaturated/α-hetero) is 2. The van der Waals surface area contributed by atoms with Gasteiger partial charge in [-0.15, -0.1) is 6.58 Å². The molecule has 6 nitrogen and oxygen atoms in total. The summed E-state index contributed by atoms with van der Waals surface area (Å²) in [5.41, 5.74) is 0.119. The van der Waals surface area contributed by atoms with E-state index in [4.69, 9.17) is 0 Å². The van der Waals surface area contributed by atoms with Gasteiger partial charge < -0.3 is 20.4 Å². The zero-order valence-corrected chi connectivity index (χ0v) is 27.9. The maximum absolute atomic E-state index is 14.9. The van der Waals surface area contributed by atoms with Gasteiger partial charge in [0.05, 0.1) is 16.9 Å². The van der Waals surface area contributed by atoms with Crippen molar-refractivity contribution in [2.75, 3.05) is 0 Å². The SMILES string of the molecule is C=C(C)CCC(CC12CC(CC=C(C)C)C(C)(C)[C@](CC=C(C)C)(C(=O)C(=C(O)c3ccc(O)c(O)c3)C1=O)C2O)C(=C)C. The number of carbonyl (C=O) groups excluding carboxylic acids is 2. The van der Waals surface area contributed by atoms with Crippen molar-refractivity contribution in [2.45, 2.75) is 100 Å². The predicted molar refractivity (Wildman–Crippen MR) is 177 cm³/mol. The molecule has 4 N–H and O–H groups in total. The number of hydrogen-bond donors (Lipinski definition) is 4. The number of hydrogen-bond acceptors (Lipinski definition) is 6. The zero-order valence-electron chi connectivity index (χ0n) is 27.9. The molecule has 6 heteroatoms. The van der Waals surface area contributed by atoms with E-state index in [0.29, 0.717) is 19.3 Å². The van der Waals surface area contributed by atoms with Crippen molar-refractivity contribution < 1.29 is 30.0 Å². The third kappa shape index (κ3) is 6.10. The summed E-state index contributed by atoms with van der Waals surface area (Å²) in [6, 6.07) is 3.71. The third-order valence-electron chi connectivity index (χ3n) is 10.4. The van der Waals surface area contributed by atoms with E-state index in [0.717, 1.165) is 34.8 Å². The molecule has 0 amide bonds. The third-order valence-corrected chi connectivity index (χ3v) is 10.4. The largest absolute Gasteiger partial charge is 0.506 e. The molecule has 4 unspecified atom stereocenters. The highest BCUT2D eigenvalue weighted by molar-refractivity contribution is 6.30. The number of aliphatic hydroxyl groups is 2. The van der Waals surface area contributed by atoms with Gasteiger partial charge in [-0.3, -0.25) is 9.59 Å². The first kappa shape index (κ1) is 35.1. The lowest BCUT2D eigenvalue weighted by atomic mass is 9.37. The van der Waals surface area contributed by atoms with Crippen LogP contribution in [0.15, 0.2) is 71.4 Å². The van der Waals surface area contributed by atoms with Crippen molar-refractivity contribution in [1.82, 2.24) is 0 Å². The number of aliphatic hydroxyl groups excluding tert-OH is 2. The molecule has 0 radical (unpaired) electrons. The van der Waals surface area contributed by atoms with Crippen molar-refractivity contribution >= 4 is 17.3 Å². The standard InChI is InChI=1S/C38H52O6/c1-22(2)11-13-27(25(7)8)20-37-21-28(15-12-23(3)4)36(9,10)38(35(37)44,18-17-24(5)6)34(43)31(33(37)42)32(41)26-14-16-29(39)30(40)19-26/h12,14,16-17,19,27-28,35,39-41,44H,1,7,11,13,15,18,20-21H2,2-6,8-10H3/t27?,28?,35?,37?,38-/m1/s1. The summed E-state index contributed by atoms with van der Waals surface area (Å²) < 4.78 is 0. The lowest BCUT2D eigenvalue weighted by molar-refractivity contribution is -0.208. The second kappa shape index (κ2) is 12.9. The van der Waals surface area contributed by atoms with Gasteiger partial charge in [-0.2, -0.15) is 0 Å². The highest BCUT2D eigenvalue weighted by Gasteiger charge is 2.73. The fourth-order valence-electron chi connectivity index (χ4n) is 7.49. The number of phenolic OH excluding ortho intramolecular Hbond substituents is 2. The molecular formula is C38H52O6. The maximum Gasteiger partial charge on any atom is 0.179 e. The Balaban J connectivity index is 2.44. The summed E-state index contributed by atoms with van der Waals surface area (Å²) in [6.07, 6.45) is 5.66. The predicted octanol–water partition coefficient (Wildman–Crippen LogP) is 8.55. The minimum atomic E-state index is -1.42. The van der Waals surface area contributed by atoms with Gasteiger partial charge in [-0.05, 0) is 116 Å². The smallest absolute Gasteiger partial charge is 0.179 e. The summed E-state index contributed by atoms with van der Waals surface area (Å²) in [4.78, 5) is 29.9. The molecule has 5 atom stereocenters. The van der Waals surface area contributed by atoms with E-state index in [1.807, 2.05) is 61.5 Å². The molecule has 0 spiro atoms. The van der Waals surface area contributed by atoms with Crippen LogP contribution in [0.4, 0.5) is 0 Å². The van der Waals surface area contributed by atoms with Gasteiger partial charge >= 0.3 is 0 Å². The van der Waals surface area contributed by atoms with Gasteiger partial charge in [0.15, 0.2) is 23.1 Å². The lowest BCUT2D eigenvalue weighted by Gasteiger charge is -2.65. The van der Waals surface area contributed by atoms with E-state index in [2.05, 4.69) is 19.2 Å². The summed E-state index contributed by atoms with van der Waals surface area (Å²) in [5, 5.41) is 44.4. The molecule has 44 heavy (non-hydrogen) atoms. The van der Waals surface area contributed by atoms with E-state index < -0.39 is 45.4 Å². The number of ketones is 2. The van der Waals surface area contributed by atoms with Gasteiger partial charge in [0.1, 0.15) is 11.3 Å². The van der Waals surface area contributed by atoms with Gasteiger partial charge in [0.25, 0.3) is 0 Å². The Kier molecular flexibility index (Phi) is 10.3. The van der Waals surface area contributed by atoms with Crippen LogP contribution < -0.4 is 0 Å². The average molecular weight is 605 g/mol. The fraction of sp³-hybridized carbons (Fsp3) is 0.526. The van der Waals surface area contributed by atoms with Crippen molar-refractivity contribution in [2.24, 2.45) is 28.1 Å². The van der Waals surface area contributed by atoms with Crippen LogP contribution in [0.3, 0.4) is 0 Å². The van der Waals surface area contributed by atoms with Crippen molar-refractivity contribution in [3.63, 3.8) is 0 Å². The summed E-state index contributed by atoms with van der Waals surface area (Å²) in [6.45, 7) is 24.1. The van der Waals surface area contributed by atoms with Gasteiger partial charge in [-0.25, -0.2) is 0 Å². The summed E-state index contributed by atoms with van der Waals surface area (Å²) in [5.74, 6) is -2.84. The zero-order chi connectivity index (χ0) is 33.4. The molecule has 2 aliphatic carbocycles. The second-order valence-electron chi connectivity index (χ2n) is 14.5. The number of aromatic hydroxyl groups is 2. The Hall–Kier alpha value is -3.38. The van der Waals surface area contributed by atoms with Crippen LogP contribution in [-0.4, -0.2) is 38.1 Å². The van der Waals surface area contributed by atoms with Gasteiger partial charge in [0.2, 0.25) is 0 Å². The number of benzene rings is 1. The van der Waals surface area contributed by atoms with Gasteiger partial charge in [0, 0.05) is 5.56 Å². The van der Waals surface area contributed by atoms with E-state index >= 15 is 0 Å². The Morgan fingerprint density at radius 3 is 2.11 bits per heavy atom. The first-order valence-electron chi connectivity index (χ1n) is 15.6. The minimum absolute atomic E-state index is 0.0385. The minimum Gasteiger partial charge on any atom is -0.506 e. The summed E-state index contributed by atoms with van der Waals surface area (Å²) in [7, 11) is 0. The van der Waals surface area contributed by atoms with Crippen molar-refractivity contribution in [3.8, 4) is 11.5 Å². The second-order valence-corrected chi connectivity index (χ2v) is 14.5. The summed E-state index contributed by atoms with van der Waals surface area (Å²) >= 11 is 0. The Morgan fingerprint density at radius 2 is 1.59 bits per heavy atom. The topological polar surface area (TPSA) is 115 Å².